The quantitative estimate of drug-likeness (QED) is 0.463. The fraction of sp³-hybridized carbons (Fsp3) is 0.292. The average Bonchev–Trinajstić information content (AvgIpc) is 2.80. The van der Waals surface area contributed by atoms with Crippen molar-refractivity contribution >= 4 is 17.1 Å². The Kier molecular flexibility index (Phi) is 5.41. The van der Waals surface area contributed by atoms with Gasteiger partial charge in [-0.15, -0.1) is 0 Å². The highest BCUT2D eigenvalue weighted by Gasteiger charge is 2.26. The van der Waals surface area contributed by atoms with Crippen molar-refractivity contribution in [3.63, 3.8) is 0 Å². The molecule has 1 aliphatic heterocycles. The standard InChI is InChI=1S/C24H22F2N6O/c1-13-10-16(6-7-27-13)20-12-32(8-9-33-20)24-30-21(18-5-4-17(25)11-19(18)26)22-23(31-24)29-15(3)14(2)28-22/h4-7,10-11,20H,8-9,12H2,1-3H3/t20-/m0/s1. The molecule has 4 aromatic rings. The van der Waals surface area contributed by atoms with Crippen LogP contribution in [0.15, 0.2) is 36.5 Å². The Bertz CT molecular complexity index is 1360. The van der Waals surface area contributed by atoms with Crippen LogP contribution in [-0.2, 0) is 4.74 Å². The van der Waals surface area contributed by atoms with Crippen LogP contribution in [0, 0.1) is 32.4 Å². The van der Waals surface area contributed by atoms with Crippen molar-refractivity contribution in [2.75, 3.05) is 24.6 Å². The van der Waals surface area contributed by atoms with Gasteiger partial charge in [0.15, 0.2) is 5.65 Å². The molecule has 0 radical (unpaired) electrons. The third kappa shape index (κ3) is 4.11. The number of morpholine rings is 1. The Hall–Kier alpha value is -3.59. The summed E-state index contributed by atoms with van der Waals surface area (Å²) in [7, 11) is 0. The lowest BCUT2D eigenvalue weighted by atomic mass is 10.1. The molecule has 1 fully saturated rings. The maximum absolute atomic E-state index is 14.8. The van der Waals surface area contributed by atoms with Crippen LogP contribution in [0.5, 0.6) is 0 Å². The van der Waals surface area contributed by atoms with Crippen molar-refractivity contribution < 1.29 is 13.5 Å². The second kappa shape index (κ2) is 8.40. The van der Waals surface area contributed by atoms with Crippen molar-refractivity contribution in [3.8, 4) is 11.3 Å². The van der Waals surface area contributed by atoms with Crippen LogP contribution in [0.3, 0.4) is 0 Å². The van der Waals surface area contributed by atoms with E-state index in [0.29, 0.717) is 42.5 Å². The Morgan fingerprint density at radius 2 is 1.79 bits per heavy atom. The first-order chi connectivity index (χ1) is 15.9. The minimum atomic E-state index is -0.715. The smallest absolute Gasteiger partial charge is 0.228 e. The number of halogens is 2. The lowest BCUT2D eigenvalue weighted by Crippen LogP contribution is -2.39. The molecule has 1 aliphatic rings. The van der Waals surface area contributed by atoms with Crippen LogP contribution >= 0.6 is 0 Å². The maximum Gasteiger partial charge on any atom is 0.228 e. The summed E-state index contributed by atoms with van der Waals surface area (Å²) in [5.41, 5.74) is 4.52. The van der Waals surface area contributed by atoms with Crippen molar-refractivity contribution in [2.45, 2.75) is 26.9 Å². The zero-order valence-corrected chi connectivity index (χ0v) is 18.5. The summed E-state index contributed by atoms with van der Waals surface area (Å²) in [6.07, 6.45) is 1.58. The molecule has 0 amide bonds. The van der Waals surface area contributed by atoms with Crippen molar-refractivity contribution in [3.05, 3.63) is 70.8 Å². The van der Waals surface area contributed by atoms with Gasteiger partial charge in [0.05, 0.1) is 24.5 Å². The molecule has 168 valence electrons. The Balaban J connectivity index is 1.62. The van der Waals surface area contributed by atoms with Crippen molar-refractivity contribution in [2.24, 2.45) is 0 Å². The lowest BCUT2D eigenvalue weighted by molar-refractivity contribution is 0.0391. The molecule has 1 aromatic carbocycles. The van der Waals surface area contributed by atoms with Crippen LogP contribution in [0.1, 0.15) is 28.7 Å². The zero-order chi connectivity index (χ0) is 23.1. The number of nitrogens with zero attached hydrogens (tertiary/aromatic N) is 6. The van der Waals surface area contributed by atoms with Gasteiger partial charge in [-0.2, -0.15) is 4.98 Å². The molecule has 33 heavy (non-hydrogen) atoms. The number of hydrogen-bond acceptors (Lipinski definition) is 7. The molecule has 1 atom stereocenters. The van der Waals surface area contributed by atoms with E-state index >= 15 is 0 Å². The van der Waals surface area contributed by atoms with Crippen LogP contribution in [0.4, 0.5) is 14.7 Å². The number of anilines is 1. The molecular formula is C24H22F2N6O. The third-order valence-electron chi connectivity index (χ3n) is 5.76. The second-order valence-corrected chi connectivity index (χ2v) is 8.10. The normalized spacial score (nSPS) is 16.4. The molecule has 3 aromatic heterocycles. The highest BCUT2D eigenvalue weighted by atomic mass is 19.1. The van der Waals surface area contributed by atoms with E-state index in [1.54, 1.807) is 6.20 Å². The fourth-order valence-corrected chi connectivity index (χ4v) is 3.91. The first-order valence-electron chi connectivity index (χ1n) is 10.7. The van der Waals surface area contributed by atoms with Gasteiger partial charge in [0, 0.05) is 30.1 Å². The molecular weight excluding hydrogens is 426 g/mol. The predicted molar refractivity (Wildman–Crippen MR) is 120 cm³/mol. The van der Waals surface area contributed by atoms with E-state index in [4.69, 9.17) is 4.74 Å². The topological polar surface area (TPSA) is 76.9 Å². The molecule has 0 N–H and O–H groups in total. The van der Waals surface area contributed by atoms with E-state index in [1.165, 1.54) is 12.1 Å². The van der Waals surface area contributed by atoms with Crippen LogP contribution in [0.2, 0.25) is 0 Å². The molecule has 4 heterocycles. The summed E-state index contributed by atoms with van der Waals surface area (Å²) in [4.78, 5) is 24.7. The zero-order valence-electron chi connectivity index (χ0n) is 18.5. The number of pyridine rings is 1. The monoisotopic (exact) mass is 448 g/mol. The fourth-order valence-electron chi connectivity index (χ4n) is 3.91. The van der Waals surface area contributed by atoms with E-state index in [-0.39, 0.29) is 17.4 Å². The van der Waals surface area contributed by atoms with Crippen LogP contribution < -0.4 is 4.90 Å². The van der Waals surface area contributed by atoms with Gasteiger partial charge in [-0.05, 0) is 50.6 Å². The van der Waals surface area contributed by atoms with Crippen LogP contribution in [-0.4, -0.2) is 44.6 Å². The van der Waals surface area contributed by atoms with E-state index in [1.807, 2.05) is 37.8 Å². The first kappa shape index (κ1) is 21.3. The van der Waals surface area contributed by atoms with Gasteiger partial charge in [0.1, 0.15) is 28.9 Å². The molecule has 9 heteroatoms. The van der Waals surface area contributed by atoms with Gasteiger partial charge < -0.3 is 9.64 Å². The second-order valence-electron chi connectivity index (χ2n) is 8.10. The molecule has 0 aliphatic carbocycles. The Labute approximate surface area is 189 Å². The van der Waals surface area contributed by atoms with Crippen LogP contribution in [0.25, 0.3) is 22.4 Å². The van der Waals surface area contributed by atoms with Gasteiger partial charge in [-0.25, -0.2) is 23.7 Å². The first-order valence-corrected chi connectivity index (χ1v) is 10.7. The number of ether oxygens (including phenoxy) is 1. The van der Waals surface area contributed by atoms with E-state index in [2.05, 4.69) is 24.9 Å². The summed E-state index contributed by atoms with van der Waals surface area (Å²) in [5.74, 6) is -0.970. The van der Waals surface area contributed by atoms with Gasteiger partial charge >= 0.3 is 0 Å². The number of benzene rings is 1. The van der Waals surface area contributed by atoms with E-state index in [9.17, 15) is 8.78 Å². The van der Waals surface area contributed by atoms with E-state index in [0.717, 1.165) is 23.0 Å². The number of aromatic nitrogens is 5. The summed E-state index contributed by atoms with van der Waals surface area (Å²) in [6.45, 7) is 7.16. The predicted octanol–water partition coefficient (Wildman–Crippen LogP) is 4.26. The molecule has 7 nitrogen and oxygen atoms in total. The van der Waals surface area contributed by atoms with Gasteiger partial charge in [-0.3, -0.25) is 4.98 Å². The Morgan fingerprint density at radius 3 is 2.58 bits per heavy atom. The third-order valence-corrected chi connectivity index (χ3v) is 5.76. The molecule has 0 saturated carbocycles. The highest BCUT2D eigenvalue weighted by molar-refractivity contribution is 5.88. The number of fused-ring (bicyclic) bond motifs is 1. The van der Waals surface area contributed by atoms with Crippen molar-refractivity contribution in [1.29, 1.82) is 0 Å². The number of hydrogen-bond donors (Lipinski definition) is 0. The number of aryl methyl sites for hydroxylation is 3. The SMILES string of the molecule is Cc1cc([C@@H]2CN(c3nc(-c4ccc(F)cc4F)c4nc(C)c(C)nc4n3)CCO2)ccn1. The Morgan fingerprint density at radius 1 is 0.970 bits per heavy atom. The lowest BCUT2D eigenvalue weighted by Gasteiger charge is -2.33. The maximum atomic E-state index is 14.8. The molecule has 0 unspecified atom stereocenters. The minimum absolute atomic E-state index is 0.150. The molecule has 5 rings (SSSR count). The average molecular weight is 448 g/mol. The highest BCUT2D eigenvalue weighted by Crippen LogP contribution is 2.31. The van der Waals surface area contributed by atoms with E-state index < -0.39 is 11.6 Å². The van der Waals surface area contributed by atoms with Gasteiger partial charge in [-0.1, -0.05) is 0 Å². The van der Waals surface area contributed by atoms with Gasteiger partial charge in [0.2, 0.25) is 5.95 Å². The largest absolute Gasteiger partial charge is 0.370 e. The summed E-state index contributed by atoms with van der Waals surface area (Å²) < 4.78 is 34.3. The number of rotatable bonds is 3. The van der Waals surface area contributed by atoms with Crippen molar-refractivity contribution in [1.82, 2.24) is 24.9 Å². The summed E-state index contributed by atoms with van der Waals surface area (Å²) >= 11 is 0. The molecule has 0 bridgehead atoms. The summed E-state index contributed by atoms with van der Waals surface area (Å²) in [6, 6.07) is 7.34. The van der Waals surface area contributed by atoms with Gasteiger partial charge in [0.25, 0.3) is 0 Å². The summed E-state index contributed by atoms with van der Waals surface area (Å²) in [5, 5.41) is 0. The molecule has 1 saturated heterocycles. The molecule has 0 spiro atoms. The minimum Gasteiger partial charge on any atom is -0.370 e.